The normalized spacial score (nSPS) is 11.2. The van der Waals surface area contributed by atoms with Crippen molar-refractivity contribution in [2.75, 3.05) is 18.2 Å². The van der Waals surface area contributed by atoms with E-state index in [0.29, 0.717) is 22.3 Å². The molecule has 0 saturated carbocycles. The fraction of sp³-hybridized carbons (Fsp3) is 0.214. The number of hydrogen-bond acceptors (Lipinski definition) is 6. The Bertz CT molecular complexity index is 1520. The molecule has 1 aromatic heterocycles. The fourth-order valence-electron chi connectivity index (χ4n) is 3.87. The first-order valence-electron chi connectivity index (χ1n) is 12.1. The summed E-state index contributed by atoms with van der Waals surface area (Å²) in [5.74, 6) is -0.130. The lowest BCUT2D eigenvalue weighted by Gasteiger charge is -2.15. The van der Waals surface area contributed by atoms with Gasteiger partial charge in [0.05, 0.1) is 36.3 Å². The third kappa shape index (κ3) is 6.81. The first-order valence-corrected chi connectivity index (χ1v) is 13.1. The molecule has 12 heteroatoms. The minimum atomic E-state index is -4.61. The summed E-state index contributed by atoms with van der Waals surface area (Å²) >= 11 is 1.02. The SMILES string of the molecule is COc1ccc(C(=O)NCc2nnc(SCC(=O)Nc3ccccc3C(F)(F)F)n2-c2cc(C)ccc2C)cc1. The molecular formula is C28H26F3N5O3S. The van der Waals surface area contributed by atoms with E-state index in [0.717, 1.165) is 34.6 Å². The van der Waals surface area contributed by atoms with E-state index in [2.05, 4.69) is 20.8 Å². The molecule has 0 unspecified atom stereocenters. The minimum Gasteiger partial charge on any atom is -0.497 e. The van der Waals surface area contributed by atoms with Gasteiger partial charge in [-0.2, -0.15) is 13.2 Å². The highest BCUT2D eigenvalue weighted by molar-refractivity contribution is 7.99. The molecule has 0 aliphatic heterocycles. The molecule has 2 amide bonds. The van der Waals surface area contributed by atoms with E-state index in [9.17, 15) is 22.8 Å². The van der Waals surface area contributed by atoms with Gasteiger partial charge in [0.25, 0.3) is 5.91 Å². The van der Waals surface area contributed by atoms with Crippen molar-refractivity contribution in [1.82, 2.24) is 20.1 Å². The van der Waals surface area contributed by atoms with Crippen molar-refractivity contribution < 1.29 is 27.5 Å². The van der Waals surface area contributed by atoms with Crippen LogP contribution >= 0.6 is 11.8 Å². The summed E-state index contributed by atoms with van der Waals surface area (Å²) in [6, 6.07) is 17.2. The molecule has 0 bridgehead atoms. The monoisotopic (exact) mass is 569 g/mol. The number of carbonyl (C=O) groups excluding carboxylic acids is 2. The summed E-state index contributed by atoms with van der Waals surface area (Å²) in [6.45, 7) is 3.87. The van der Waals surface area contributed by atoms with Crippen LogP contribution in [0.3, 0.4) is 0 Å². The number of para-hydroxylation sites is 1. The summed E-state index contributed by atoms with van der Waals surface area (Å²) in [5, 5.41) is 14.0. The molecule has 4 rings (SSSR count). The number of hydrogen-bond donors (Lipinski definition) is 2. The van der Waals surface area contributed by atoms with Gasteiger partial charge in [-0.25, -0.2) is 0 Å². The molecule has 0 aliphatic carbocycles. The van der Waals surface area contributed by atoms with E-state index >= 15 is 0 Å². The zero-order valence-electron chi connectivity index (χ0n) is 21.9. The van der Waals surface area contributed by atoms with Gasteiger partial charge in [0.1, 0.15) is 5.75 Å². The number of anilines is 1. The molecule has 0 radical (unpaired) electrons. The number of methoxy groups -OCH3 is 1. The van der Waals surface area contributed by atoms with E-state index < -0.39 is 17.6 Å². The second kappa shape index (κ2) is 12.2. The molecule has 208 valence electrons. The largest absolute Gasteiger partial charge is 0.497 e. The number of aromatic nitrogens is 3. The number of carbonyl (C=O) groups is 2. The fourth-order valence-corrected chi connectivity index (χ4v) is 4.63. The Hall–Kier alpha value is -4.32. The summed E-state index contributed by atoms with van der Waals surface area (Å²) in [7, 11) is 1.54. The molecule has 1 heterocycles. The number of thioether (sulfide) groups is 1. The van der Waals surface area contributed by atoms with E-state index in [1.165, 1.54) is 25.3 Å². The third-order valence-electron chi connectivity index (χ3n) is 5.90. The predicted octanol–water partition coefficient (Wildman–Crippen LogP) is 5.57. The number of rotatable bonds is 9. The first-order chi connectivity index (χ1) is 19.1. The molecule has 2 N–H and O–H groups in total. The lowest BCUT2D eigenvalue weighted by atomic mass is 10.1. The van der Waals surface area contributed by atoms with Gasteiger partial charge >= 0.3 is 6.18 Å². The molecule has 0 atom stereocenters. The van der Waals surface area contributed by atoms with Crippen molar-refractivity contribution in [2.24, 2.45) is 0 Å². The van der Waals surface area contributed by atoms with Crippen LogP contribution in [0, 0.1) is 13.8 Å². The summed E-state index contributed by atoms with van der Waals surface area (Å²) in [6.07, 6.45) is -4.61. The average Bonchev–Trinajstić information content (AvgIpc) is 3.34. The van der Waals surface area contributed by atoms with Crippen LogP contribution < -0.4 is 15.4 Å². The molecule has 0 fully saturated rings. The van der Waals surface area contributed by atoms with Crippen LogP contribution in [-0.4, -0.2) is 39.4 Å². The second-order valence-corrected chi connectivity index (χ2v) is 9.76. The zero-order valence-corrected chi connectivity index (χ0v) is 22.7. The van der Waals surface area contributed by atoms with Gasteiger partial charge in [-0.1, -0.05) is 36.0 Å². The topological polar surface area (TPSA) is 98.1 Å². The van der Waals surface area contributed by atoms with Gasteiger partial charge in [0.2, 0.25) is 5.91 Å². The smallest absolute Gasteiger partial charge is 0.418 e. The maximum atomic E-state index is 13.3. The quantitative estimate of drug-likeness (QED) is 0.256. The maximum Gasteiger partial charge on any atom is 0.418 e. The van der Waals surface area contributed by atoms with Gasteiger partial charge in [-0.05, 0) is 67.4 Å². The number of nitrogens with zero attached hydrogens (tertiary/aromatic N) is 3. The van der Waals surface area contributed by atoms with Crippen molar-refractivity contribution in [3.63, 3.8) is 0 Å². The summed E-state index contributed by atoms with van der Waals surface area (Å²) in [5.41, 5.74) is 1.81. The van der Waals surface area contributed by atoms with Crippen LogP contribution in [0.5, 0.6) is 5.75 Å². The Balaban J connectivity index is 1.54. The Morgan fingerprint density at radius 1 is 1.00 bits per heavy atom. The Morgan fingerprint density at radius 2 is 1.73 bits per heavy atom. The standard InChI is InChI=1S/C28H26F3N5O3S/c1-17-8-9-18(2)23(14-17)36-24(15-32-26(38)19-10-12-20(39-3)13-11-19)34-35-27(36)40-16-25(37)33-22-7-5-4-6-21(22)28(29,30)31/h4-14H,15-16H2,1-3H3,(H,32,38)(H,33,37). The van der Waals surface area contributed by atoms with Gasteiger partial charge in [0, 0.05) is 5.56 Å². The van der Waals surface area contributed by atoms with Crippen molar-refractivity contribution in [3.05, 3.63) is 94.8 Å². The summed E-state index contributed by atoms with van der Waals surface area (Å²) < 4.78 is 46.8. The van der Waals surface area contributed by atoms with E-state index in [1.807, 2.05) is 32.0 Å². The van der Waals surface area contributed by atoms with Crippen LogP contribution in [0.25, 0.3) is 5.69 Å². The van der Waals surface area contributed by atoms with Crippen LogP contribution in [0.2, 0.25) is 0 Å². The van der Waals surface area contributed by atoms with Crippen LogP contribution in [0.4, 0.5) is 18.9 Å². The van der Waals surface area contributed by atoms with E-state index in [1.54, 1.807) is 28.8 Å². The number of nitrogens with one attached hydrogen (secondary N) is 2. The number of benzene rings is 3. The lowest BCUT2D eigenvalue weighted by Crippen LogP contribution is -2.24. The molecule has 3 aromatic carbocycles. The van der Waals surface area contributed by atoms with Gasteiger partial charge < -0.3 is 15.4 Å². The van der Waals surface area contributed by atoms with Crippen molar-refractivity contribution in [3.8, 4) is 11.4 Å². The zero-order chi connectivity index (χ0) is 28.9. The highest BCUT2D eigenvalue weighted by Crippen LogP contribution is 2.34. The second-order valence-electron chi connectivity index (χ2n) is 8.82. The maximum absolute atomic E-state index is 13.3. The molecule has 4 aromatic rings. The number of amides is 2. The molecular weight excluding hydrogens is 543 g/mol. The van der Waals surface area contributed by atoms with Crippen molar-refractivity contribution in [1.29, 1.82) is 0 Å². The Labute approximate surface area is 233 Å². The predicted molar refractivity (Wildman–Crippen MR) is 146 cm³/mol. The first kappa shape index (κ1) is 28.7. The Kier molecular flexibility index (Phi) is 8.78. The van der Waals surface area contributed by atoms with Crippen molar-refractivity contribution in [2.45, 2.75) is 31.7 Å². The summed E-state index contributed by atoms with van der Waals surface area (Å²) in [4.78, 5) is 25.4. The number of halogens is 3. The van der Waals surface area contributed by atoms with Crippen LogP contribution in [0.1, 0.15) is 32.9 Å². The number of ether oxygens (including phenoxy) is 1. The van der Waals surface area contributed by atoms with Gasteiger partial charge in [-0.3, -0.25) is 14.2 Å². The molecule has 8 nitrogen and oxygen atoms in total. The number of alkyl halides is 3. The molecule has 0 saturated heterocycles. The van der Waals surface area contributed by atoms with E-state index in [-0.39, 0.29) is 23.9 Å². The molecule has 40 heavy (non-hydrogen) atoms. The van der Waals surface area contributed by atoms with Crippen LogP contribution in [0.15, 0.2) is 71.9 Å². The lowest BCUT2D eigenvalue weighted by molar-refractivity contribution is -0.137. The van der Waals surface area contributed by atoms with Gasteiger partial charge in [0.15, 0.2) is 11.0 Å². The third-order valence-corrected chi connectivity index (χ3v) is 6.83. The minimum absolute atomic E-state index is 0.0386. The van der Waals surface area contributed by atoms with Crippen LogP contribution in [-0.2, 0) is 17.5 Å². The number of aryl methyl sites for hydroxylation is 2. The highest BCUT2D eigenvalue weighted by Gasteiger charge is 2.33. The average molecular weight is 570 g/mol. The molecule has 0 spiro atoms. The van der Waals surface area contributed by atoms with E-state index in [4.69, 9.17) is 4.74 Å². The Morgan fingerprint density at radius 3 is 2.42 bits per heavy atom. The molecule has 0 aliphatic rings. The highest BCUT2D eigenvalue weighted by atomic mass is 32.2. The van der Waals surface area contributed by atoms with Gasteiger partial charge in [-0.15, -0.1) is 10.2 Å². The van der Waals surface area contributed by atoms with Crippen molar-refractivity contribution >= 4 is 29.3 Å².